The van der Waals surface area contributed by atoms with Crippen molar-refractivity contribution in [3.63, 3.8) is 0 Å². The molecule has 3 aromatic rings. The maximum atomic E-state index is 13.3. The highest BCUT2D eigenvalue weighted by Crippen LogP contribution is 2.23. The number of amides is 2. The van der Waals surface area contributed by atoms with Gasteiger partial charge in [0.1, 0.15) is 11.4 Å². The third kappa shape index (κ3) is 3.49. The molecule has 0 aliphatic carbocycles. The fourth-order valence-corrected chi connectivity index (χ4v) is 3.58. The first-order chi connectivity index (χ1) is 14.5. The van der Waals surface area contributed by atoms with Crippen LogP contribution in [0.15, 0.2) is 52.3 Å². The highest BCUT2D eigenvalue weighted by Gasteiger charge is 2.29. The number of aromatic nitrogens is 2. The van der Waals surface area contributed by atoms with Crippen LogP contribution < -0.4 is 10.9 Å². The van der Waals surface area contributed by atoms with Gasteiger partial charge in [-0.2, -0.15) is 0 Å². The van der Waals surface area contributed by atoms with Crippen LogP contribution in [0.1, 0.15) is 39.0 Å². The molecule has 1 aliphatic heterocycles. The van der Waals surface area contributed by atoms with Crippen molar-refractivity contribution in [1.29, 1.82) is 0 Å². The minimum absolute atomic E-state index is 0.0467. The zero-order chi connectivity index (χ0) is 21.3. The number of nitrogens with one attached hydrogen (secondary N) is 1. The molecule has 8 nitrogen and oxygen atoms in total. The van der Waals surface area contributed by atoms with Crippen LogP contribution in [-0.4, -0.2) is 39.4 Å². The molecule has 0 spiro atoms. The van der Waals surface area contributed by atoms with Crippen LogP contribution in [0.25, 0.3) is 5.69 Å². The van der Waals surface area contributed by atoms with Crippen LogP contribution >= 0.6 is 0 Å². The molecule has 1 aliphatic rings. The topological polar surface area (TPSA) is 97.4 Å². The molecule has 154 valence electrons. The highest BCUT2D eigenvalue weighted by atomic mass is 19.1. The van der Waals surface area contributed by atoms with Gasteiger partial charge in [0.2, 0.25) is 5.76 Å². The number of pyridine rings is 1. The van der Waals surface area contributed by atoms with Crippen molar-refractivity contribution in [2.75, 3.05) is 13.1 Å². The molecular weight excluding hydrogens is 391 g/mol. The Morgan fingerprint density at radius 1 is 1.27 bits per heavy atom. The molecule has 0 atom stereocenters. The lowest BCUT2D eigenvalue weighted by Crippen LogP contribution is -2.41. The number of rotatable bonds is 4. The van der Waals surface area contributed by atoms with E-state index in [1.807, 2.05) is 0 Å². The Kier molecular flexibility index (Phi) is 5.18. The number of halogens is 1. The Morgan fingerprint density at radius 2 is 2.03 bits per heavy atom. The summed E-state index contributed by atoms with van der Waals surface area (Å²) < 4.78 is 19.8. The van der Waals surface area contributed by atoms with E-state index < -0.39 is 17.3 Å². The summed E-state index contributed by atoms with van der Waals surface area (Å²) in [6.07, 6.45) is 4.48. The lowest BCUT2D eigenvalue weighted by molar-refractivity contribution is 0.0701. The van der Waals surface area contributed by atoms with E-state index in [1.165, 1.54) is 41.4 Å². The van der Waals surface area contributed by atoms with Gasteiger partial charge in [-0.15, -0.1) is 0 Å². The number of carbonyl (C=O) groups excluding carboxylic acids is 2. The second-order valence-electron chi connectivity index (χ2n) is 6.86. The normalized spacial score (nSPS) is 13.1. The standard InChI is InChI=1S/C21H19FN4O4/c1-2-24-19(27)18-16-7-8-25(20(28)17-9-23-12-30-17)10-13(16)11-26(21(18)29)15-5-3-14(22)4-6-15/h3-6,9,11-12H,2,7-8,10H2,1H3,(H,24,27). The van der Waals surface area contributed by atoms with Crippen molar-refractivity contribution >= 4 is 11.8 Å². The molecule has 3 heterocycles. The summed E-state index contributed by atoms with van der Waals surface area (Å²) in [5, 5.41) is 2.68. The predicted octanol–water partition coefficient (Wildman–Crippen LogP) is 1.91. The lowest BCUT2D eigenvalue weighted by Gasteiger charge is -2.29. The summed E-state index contributed by atoms with van der Waals surface area (Å²) in [7, 11) is 0. The average Bonchev–Trinajstić information content (AvgIpc) is 3.28. The van der Waals surface area contributed by atoms with E-state index >= 15 is 0 Å². The van der Waals surface area contributed by atoms with Crippen molar-refractivity contribution in [1.82, 2.24) is 19.8 Å². The first-order valence-corrected chi connectivity index (χ1v) is 9.49. The number of carbonyl (C=O) groups is 2. The molecule has 0 saturated carbocycles. The third-order valence-corrected chi connectivity index (χ3v) is 5.00. The van der Waals surface area contributed by atoms with E-state index in [9.17, 15) is 18.8 Å². The Morgan fingerprint density at radius 3 is 2.70 bits per heavy atom. The van der Waals surface area contributed by atoms with Crippen LogP contribution in [0.2, 0.25) is 0 Å². The quantitative estimate of drug-likeness (QED) is 0.709. The number of hydrogen-bond donors (Lipinski definition) is 1. The maximum Gasteiger partial charge on any atom is 0.291 e. The molecule has 0 unspecified atom stereocenters. The van der Waals surface area contributed by atoms with Gasteiger partial charge in [0.05, 0.1) is 6.20 Å². The molecule has 2 aromatic heterocycles. The molecule has 0 saturated heterocycles. The zero-order valence-electron chi connectivity index (χ0n) is 16.2. The molecular formula is C21H19FN4O4. The molecule has 2 amide bonds. The van der Waals surface area contributed by atoms with E-state index in [0.29, 0.717) is 36.3 Å². The third-order valence-electron chi connectivity index (χ3n) is 5.00. The fourth-order valence-electron chi connectivity index (χ4n) is 3.58. The SMILES string of the molecule is CCNC(=O)c1c2c(cn(-c3ccc(F)cc3)c1=O)CN(C(=O)c1cnco1)CC2. The van der Waals surface area contributed by atoms with Crippen molar-refractivity contribution in [2.45, 2.75) is 19.9 Å². The fraction of sp³-hybridized carbons (Fsp3) is 0.238. The van der Waals surface area contributed by atoms with E-state index in [1.54, 1.807) is 18.0 Å². The second kappa shape index (κ2) is 7.94. The van der Waals surface area contributed by atoms with Crippen LogP contribution in [0.5, 0.6) is 0 Å². The van der Waals surface area contributed by atoms with E-state index in [2.05, 4.69) is 10.3 Å². The summed E-state index contributed by atoms with van der Waals surface area (Å²) in [6, 6.07) is 5.41. The van der Waals surface area contributed by atoms with Crippen molar-refractivity contribution in [3.8, 4) is 5.69 Å². The van der Waals surface area contributed by atoms with E-state index in [4.69, 9.17) is 4.42 Å². The Labute approximate surface area is 170 Å². The van der Waals surface area contributed by atoms with E-state index in [-0.39, 0.29) is 23.8 Å². The molecule has 0 radical (unpaired) electrons. The van der Waals surface area contributed by atoms with Crippen molar-refractivity contribution < 1.29 is 18.4 Å². The average molecular weight is 410 g/mol. The van der Waals surface area contributed by atoms with Gasteiger partial charge in [-0.25, -0.2) is 9.37 Å². The first kappa shape index (κ1) is 19.6. The van der Waals surface area contributed by atoms with Crippen LogP contribution in [0.4, 0.5) is 4.39 Å². The molecule has 1 N–H and O–H groups in total. The van der Waals surface area contributed by atoms with Gasteiger partial charge in [0, 0.05) is 31.5 Å². The molecule has 4 rings (SSSR count). The first-order valence-electron chi connectivity index (χ1n) is 9.49. The number of oxazole rings is 1. The minimum atomic E-state index is -0.485. The number of benzene rings is 1. The van der Waals surface area contributed by atoms with Crippen LogP contribution in [0, 0.1) is 5.82 Å². The summed E-state index contributed by atoms with van der Waals surface area (Å²) >= 11 is 0. The van der Waals surface area contributed by atoms with Gasteiger partial charge >= 0.3 is 0 Å². The van der Waals surface area contributed by atoms with Gasteiger partial charge in [-0.05, 0) is 48.7 Å². The number of hydrogen-bond acceptors (Lipinski definition) is 5. The molecule has 0 bridgehead atoms. The number of fused-ring (bicyclic) bond motifs is 1. The maximum absolute atomic E-state index is 13.3. The van der Waals surface area contributed by atoms with Gasteiger partial charge in [0.15, 0.2) is 6.39 Å². The Bertz CT molecular complexity index is 1150. The molecule has 30 heavy (non-hydrogen) atoms. The molecule has 9 heteroatoms. The van der Waals surface area contributed by atoms with Crippen molar-refractivity contribution in [3.05, 3.63) is 81.7 Å². The van der Waals surface area contributed by atoms with E-state index in [0.717, 1.165) is 0 Å². The lowest BCUT2D eigenvalue weighted by atomic mass is 9.95. The summed E-state index contributed by atoms with van der Waals surface area (Å²) in [5.41, 5.74) is 1.27. The molecule has 0 fully saturated rings. The monoisotopic (exact) mass is 410 g/mol. The molecule has 1 aromatic carbocycles. The van der Waals surface area contributed by atoms with Crippen LogP contribution in [0.3, 0.4) is 0 Å². The smallest absolute Gasteiger partial charge is 0.291 e. The highest BCUT2D eigenvalue weighted by molar-refractivity contribution is 5.96. The van der Waals surface area contributed by atoms with Crippen molar-refractivity contribution in [2.24, 2.45) is 0 Å². The Balaban J connectivity index is 1.81. The minimum Gasteiger partial charge on any atom is -0.438 e. The van der Waals surface area contributed by atoms with Crippen LogP contribution in [-0.2, 0) is 13.0 Å². The van der Waals surface area contributed by atoms with Gasteiger partial charge in [-0.3, -0.25) is 19.0 Å². The number of nitrogens with zero attached hydrogens (tertiary/aromatic N) is 3. The summed E-state index contributed by atoms with van der Waals surface area (Å²) in [4.78, 5) is 43.8. The zero-order valence-corrected chi connectivity index (χ0v) is 16.2. The Hall–Kier alpha value is -3.75. The second-order valence-corrected chi connectivity index (χ2v) is 6.86. The van der Waals surface area contributed by atoms with Gasteiger partial charge in [-0.1, -0.05) is 0 Å². The predicted molar refractivity (Wildman–Crippen MR) is 105 cm³/mol. The largest absolute Gasteiger partial charge is 0.438 e. The van der Waals surface area contributed by atoms with Gasteiger partial charge in [0.25, 0.3) is 17.4 Å². The summed E-state index contributed by atoms with van der Waals surface area (Å²) in [6.45, 7) is 2.67. The van der Waals surface area contributed by atoms with Gasteiger partial charge < -0.3 is 14.6 Å². The summed E-state index contributed by atoms with van der Waals surface area (Å²) in [5.74, 6) is -1.10.